The third kappa shape index (κ3) is 3.44. The fourth-order valence-corrected chi connectivity index (χ4v) is 2.30. The average molecular weight is 292 g/mol. The first-order valence-corrected chi connectivity index (χ1v) is 7.05. The molecule has 0 aromatic carbocycles. The van der Waals surface area contributed by atoms with Crippen LogP contribution in [0.4, 0.5) is 11.6 Å². The highest BCUT2D eigenvalue weighted by Gasteiger charge is 2.22. The van der Waals surface area contributed by atoms with Gasteiger partial charge < -0.3 is 20.7 Å². The largest absolute Gasteiger partial charge is 0.465 e. The molecule has 2 rings (SSSR count). The summed E-state index contributed by atoms with van der Waals surface area (Å²) in [4.78, 5) is 13.6. The summed E-state index contributed by atoms with van der Waals surface area (Å²) >= 11 is 0. The average Bonchev–Trinajstić information content (AvgIpc) is 2.67. The molecule has 1 aliphatic heterocycles. The molecule has 0 spiro atoms. The molecule has 2 heterocycles. The van der Waals surface area contributed by atoms with Crippen LogP contribution in [0.1, 0.15) is 18.9 Å². The van der Waals surface area contributed by atoms with E-state index < -0.39 is 5.97 Å². The number of carbonyl (C=O) groups excluding carboxylic acids is 1. The molecule has 0 bridgehead atoms. The Morgan fingerprint density at radius 3 is 3.05 bits per heavy atom. The molecule has 8 nitrogen and oxygen atoms in total. The van der Waals surface area contributed by atoms with E-state index in [-0.39, 0.29) is 12.4 Å². The molecule has 3 N–H and O–H groups in total. The Morgan fingerprint density at radius 2 is 2.33 bits per heavy atom. The number of ether oxygens (including phenoxy) is 1. The number of nitrogen functional groups attached to an aromatic ring is 1. The lowest BCUT2D eigenvalue weighted by Crippen LogP contribution is -2.29. The number of hydrogen-bond acceptors (Lipinski definition) is 7. The van der Waals surface area contributed by atoms with Crippen molar-refractivity contribution in [2.75, 3.05) is 43.4 Å². The SMILES string of the molecule is CCOC(=O)Cn1nc(N2CCCNCC2)c(C#N)c1N. The van der Waals surface area contributed by atoms with Crippen molar-refractivity contribution in [1.29, 1.82) is 5.26 Å². The maximum Gasteiger partial charge on any atom is 0.327 e. The van der Waals surface area contributed by atoms with Crippen LogP contribution in [0.5, 0.6) is 0 Å². The number of anilines is 2. The van der Waals surface area contributed by atoms with Crippen LogP contribution in [-0.2, 0) is 16.1 Å². The normalized spacial score (nSPS) is 15.3. The van der Waals surface area contributed by atoms with Crippen molar-refractivity contribution in [2.45, 2.75) is 19.9 Å². The fourth-order valence-electron chi connectivity index (χ4n) is 2.30. The van der Waals surface area contributed by atoms with Crippen LogP contribution in [0.25, 0.3) is 0 Å². The lowest BCUT2D eigenvalue weighted by Gasteiger charge is -2.19. The Morgan fingerprint density at radius 1 is 1.52 bits per heavy atom. The number of carbonyl (C=O) groups is 1. The summed E-state index contributed by atoms with van der Waals surface area (Å²) in [5, 5.41) is 16.9. The molecule has 0 aliphatic carbocycles. The van der Waals surface area contributed by atoms with Gasteiger partial charge in [-0.25, -0.2) is 4.68 Å². The number of nitrogens with two attached hydrogens (primary N) is 1. The van der Waals surface area contributed by atoms with Crippen LogP contribution >= 0.6 is 0 Å². The quantitative estimate of drug-likeness (QED) is 0.733. The van der Waals surface area contributed by atoms with Crippen LogP contribution < -0.4 is 16.0 Å². The zero-order valence-corrected chi connectivity index (χ0v) is 12.1. The van der Waals surface area contributed by atoms with Gasteiger partial charge in [-0.1, -0.05) is 0 Å². The van der Waals surface area contributed by atoms with E-state index in [1.54, 1.807) is 6.92 Å². The Labute approximate surface area is 123 Å². The molecule has 0 saturated carbocycles. The molecular formula is C13H20N6O2. The monoisotopic (exact) mass is 292 g/mol. The molecular weight excluding hydrogens is 272 g/mol. The molecule has 1 fully saturated rings. The highest BCUT2D eigenvalue weighted by Crippen LogP contribution is 2.24. The van der Waals surface area contributed by atoms with Crippen molar-refractivity contribution in [3.8, 4) is 6.07 Å². The van der Waals surface area contributed by atoms with E-state index in [9.17, 15) is 10.1 Å². The first-order chi connectivity index (χ1) is 10.2. The topological polar surface area (TPSA) is 109 Å². The van der Waals surface area contributed by atoms with Gasteiger partial charge in [0.2, 0.25) is 0 Å². The standard InChI is InChI=1S/C13H20N6O2/c1-2-21-11(20)9-19-12(15)10(8-14)13(17-19)18-6-3-4-16-5-7-18/h16H,2-7,9,15H2,1H3. The second-order valence-electron chi connectivity index (χ2n) is 4.75. The molecule has 1 aromatic heterocycles. The first-order valence-electron chi connectivity index (χ1n) is 7.05. The molecule has 114 valence electrons. The minimum atomic E-state index is -0.416. The van der Waals surface area contributed by atoms with Crippen molar-refractivity contribution < 1.29 is 9.53 Å². The van der Waals surface area contributed by atoms with E-state index in [1.165, 1.54) is 4.68 Å². The van der Waals surface area contributed by atoms with E-state index >= 15 is 0 Å². The zero-order valence-electron chi connectivity index (χ0n) is 12.1. The number of rotatable bonds is 4. The van der Waals surface area contributed by atoms with E-state index in [4.69, 9.17) is 10.5 Å². The van der Waals surface area contributed by atoms with Gasteiger partial charge in [-0.15, -0.1) is 0 Å². The number of aromatic nitrogens is 2. The second-order valence-corrected chi connectivity index (χ2v) is 4.75. The van der Waals surface area contributed by atoms with E-state index in [0.717, 1.165) is 32.6 Å². The molecule has 0 atom stereocenters. The number of hydrogen-bond donors (Lipinski definition) is 2. The van der Waals surface area contributed by atoms with Crippen molar-refractivity contribution in [3.05, 3.63) is 5.56 Å². The van der Waals surface area contributed by atoms with E-state index in [1.807, 2.05) is 4.90 Å². The second kappa shape index (κ2) is 6.95. The van der Waals surface area contributed by atoms with Crippen molar-refractivity contribution in [3.63, 3.8) is 0 Å². The predicted octanol–water partition coefficient (Wildman–Crippen LogP) is -0.300. The molecule has 1 aromatic rings. The summed E-state index contributed by atoms with van der Waals surface area (Å²) in [6.45, 7) is 5.28. The van der Waals surface area contributed by atoms with Gasteiger partial charge in [-0.05, 0) is 19.9 Å². The first kappa shape index (κ1) is 15.1. The maximum absolute atomic E-state index is 11.6. The van der Waals surface area contributed by atoms with Crippen molar-refractivity contribution in [1.82, 2.24) is 15.1 Å². The van der Waals surface area contributed by atoms with Crippen molar-refractivity contribution >= 4 is 17.6 Å². The minimum absolute atomic E-state index is 0.0829. The van der Waals surface area contributed by atoms with Crippen LogP contribution in [0.15, 0.2) is 0 Å². The number of nitriles is 1. The van der Waals surface area contributed by atoms with E-state index in [2.05, 4.69) is 16.5 Å². The Kier molecular flexibility index (Phi) is 5.00. The van der Waals surface area contributed by atoms with Gasteiger partial charge in [0, 0.05) is 19.6 Å². The van der Waals surface area contributed by atoms with Gasteiger partial charge in [0.25, 0.3) is 0 Å². The highest BCUT2D eigenvalue weighted by molar-refractivity contribution is 5.72. The Hall–Kier alpha value is -2.27. The van der Waals surface area contributed by atoms with Crippen LogP contribution in [-0.4, -0.2) is 48.5 Å². The molecule has 0 unspecified atom stereocenters. The highest BCUT2D eigenvalue weighted by atomic mass is 16.5. The number of nitrogens with one attached hydrogen (secondary N) is 1. The van der Waals surface area contributed by atoms with Crippen LogP contribution in [0, 0.1) is 11.3 Å². The lowest BCUT2D eigenvalue weighted by atomic mass is 10.3. The number of esters is 1. The number of nitrogens with zero attached hydrogens (tertiary/aromatic N) is 4. The summed E-state index contributed by atoms with van der Waals surface area (Å²) < 4.78 is 6.22. The van der Waals surface area contributed by atoms with Gasteiger partial charge in [-0.2, -0.15) is 10.4 Å². The fraction of sp³-hybridized carbons (Fsp3) is 0.615. The summed E-state index contributed by atoms with van der Waals surface area (Å²) in [5.74, 6) is 0.334. The van der Waals surface area contributed by atoms with Gasteiger partial charge in [0.05, 0.1) is 6.61 Å². The van der Waals surface area contributed by atoms with Crippen molar-refractivity contribution in [2.24, 2.45) is 0 Å². The third-order valence-electron chi connectivity index (χ3n) is 3.31. The molecule has 21 heavy (non-hydrogen) atoms. The smallest absolute Gasteiger partial charge is 0.327 e. The van der Waals surface area contributed by atoms with Gasteiger partial charge in [0.15, 0.2) is 5.82 Å². The minimum Gasteiger partial charge on any atom is -0.465 e. The summed E-state index contributed by atoms with van der Waals surface area (Å²) in [5.41, 5.74) is 6.25. The molecule has 1 aliphatic rings. The van der Waals surface area contributed by atoms with Gasteiger partial charge in [0.1, 0.15) is 24.0 Å². The van der Waals surface area contributed by atoms with E-state index in [0.29, 0.717) is 18.0 Å². The molecule has 1 saturated heterocycles. The van der Waals surface area contributed by atoms with Crippen LogP contribution in [0.3, 0.4) is 0 Å². The van der Waals surface area contributed by atoms with Crippen LogP contribution in [0.2, 0.25) is 0 Å². The van der Waals surface area contributed by atoms with Gasteiger partial charge in [-0.3, -0.25) is 4.79 Å². The van der Waals surface area contributed by atoms with Gasteiger partial charge >= 0.3 is 5.97 Å². The Balaban J connectivity index is 2.25. The summed E-state index contributed by atoms with van der Waals surface area (Å²) in [7, 11) is 0. The molecule has 0 amide bonds. The third-order valence-corrected chi connectivity index (χ3v) is 3.31. The molecule has 0 radical (unpaired) electrons. The Bertz CT molecular complexity index is 540. The molecule has 8 heteroatoms. The predicted molar refractivity (Wildman–Crippen MR) is 77.7 cm³/mol. The zero-order chi connectivity index (χ0) is 15.2. The lowest BCUT2D eigenvalue weighted by molar-refractivity contribution is -0.143. The summed E-state index contributed by atoms with van der Waals surface area (Å²) in [6.07, 6.45) is 0.968. The summed E-state index contributed by atoms with van der Waals surface area (Å²) in [6, 6.07) is 2.08. The maximum atomic E-state index is 11.6.